The number of benzene rings is 3. The molecule has 30 heavy (non-hydrogen) atoms. The van der Waals surface area contributed by atoms with E-state index in [1.165, 1.54) is 30.4 Å². The maximum atomic E-state index is 12.6. The third kappa shape index (κ3) is 5.19. The lowest BCUT2D eigenvalue weighted by atomic mass is 10.0. The lowest BCUT2D eigenvalue weighted by Crippen LogP contribution is -2.36. The minimum atomic E-state index is -0.555. The maximum absolute atomic E-state index is 12.6. The molecular formula is C26H30N2O2. The molecule has 0 aromatic heterocycles. The van der Waals surface area contributed by atoms with Crippen LogP contribution >= 0.6 is 0 Å². The van der Waals surface area contributed by atoms with E-state index in [4.69, 9.17) is 4.74 Å². The molecule has 0 aliphatic carbocycles. The molecule has 1 atom stereocenters. The van der Waals surface area contributed by atoms with Crippen molar-refractivity contribution in [3.8, 4) is 5.75 Å². The zero-order valence-corrected chi connectivity index (χ0v) is 17.6. The predicted molar refractivity (Wildman–Crippen MR) is 121 cm³/mol. The van der Waals surface area contributed by atoms with Crippen molar-refractivity contribution in [2.24, 2.45) is 0 Å². The fourth-order valence-corrected chi connectivity index (χ4v) is 4.07. The van der Waals surface area contributed by atoms with Crippen molar-refractivity contribution in [2.45, 2.75) is 45.4 Å². The van der Waals surface area contributed by atoms with E-state index >= 15 is 0 Å². The average molecular weight is 403 g/mol. The van der Waals surface area contributed by atoms with Gasteiger partial charge in [-0.2, -0.15) is 0 Å². The van der Waals surface area contributed by atoms with Gasteiger partial charge in [-0.15, -0.1) is 0 Å². The van der Waals surface area contributed by atoms with Crippen molar-refractivity contribution < 1.29 is 9.53 Å². The standard InChI is InChI=1S/C26H30N2O2/c1-20(30-25-14-13-21-9-3-4-10-22(21)17-25)26(29)27-18-23-11-5-6-12-24(23)19-28-15-7-2-8-16-28/h3-6,9-14,17,20H,2,7-8,15-16,18-19H2,1H3,(H,27,29). The zero-order valence-electron chi connectivity index (χ0n) is 17.6. The van der Waals surface area contributed by atoms with Crippen LogP contribution < -0.4 is 10.1 Å². The van der Waals surface area contributed by atoms with Crippen molar-refractivity contribution >= 4 is 16.7 Å². The summed E-state index contributed by atoms with van der Waals surface area (Å²) >= 11 is 0. The molecule has 0 spiro atoms. The summed E-state index contributed by atoms with van der Waals surface area (Å²) in [5, 5.41) is 5.32. The van der Waals surface area contributed by atoms with Crippen LogP contribution in [0.3, 0.4) is 0 Å². The summed E-state index contributed by atoms with van der Waals surface area (Å²) in [6.07, 6.45) is 3.34. The van der Waals surface area contributed by atoms with Crippen molar-refractivity contribution in [2.75, 3.05) is 13.1 Å². The number of likely N-dealkylation sites (tertiary alicyclic amines) is 1. The Hall–Kier alpha value is -2.85. The van der Waals surface area contributed by atoms with Crippen LogP contribution in [0.1, 0.15) is 37.3 Å². The number of hydrogen-bond donors (Lipinski definition) is 1. The smallest absolute Gasteiger partial charge is 0.261 e. The van der Waals surface area contributed by atoms with Gasteiger partial charge in [0, 0.05) is 13.1 Å². The van der Waals surface area contributed by atoms with E-state index in [1.807, 2.05) is 42.5 Å². The molecule has 3 aromatic rings. The number of fused-ring (bicyclic) bond motifs is 1. The molecule has 3 aromatic carbocycles. The van der Waals surface area contributed by atoms with Gasteiger partial charge in [-0.3, -0.25) is 9.69 Å². The minimum Gasteiger partial charge on any atom is -0.481 e. The van der Waals surface area contributed by atoms with Crippen molar-refractivity contribution in [1.82, 2.24) is 10.2 Å². The first-order valence-corrected chi connectivity index (χ1v) is 10.9. The van der Waals surface area contributed by atoms with Gasteiger partial charge in [-0.25, -0.2) is 0 Å². The molecule has 0 bridgehead atoms. The summed E-state index contributed by atoms with van der Waals surface area (Å²) in [6, 6.07) is 22.4. The van der Waals surface area contributed by atoms with Crippen LogP contribution in [0.4, 0.5) is 0 Å². The molecule has 1 aliphatic heterocycles. The molecule has 4 rings (SSSR count). The highest BCUT2D eigenvalue weighted by Crippen LogP contribution is 2.21. The number of hydrogen-bond acceptors (Lipinski definition) is 3. The van der Waals surface area contributed by atoms with Crippen LogP contribution in [0.25, 0.3) is 10.8 Å². The second-order valence-electron chi connectivity index (χ2n) is 8.09. The maximum Gasteiger partial charge on any atom is 0.261 e. The monoisotopic (exact) mass is 402 g/mol. The first kappa shape index (κ1) is 20.4. The summed E-state index contributed by atoms with van der Waals surface area (Å²) < 4.78 is 5.90. The van der Waals surface area contributed by atoms with Crippen LogP contribution in [0, 0.1) is 0 Å². The van der Waals surface area contributed by atoms with Gasteiger partial charge >= 0.3 is 0 Å². The largest absolute Gasteiger partial charge is 0.481 e. The Kier molecular flexibility index (Phi) is 6.65. The number of nitrogens with zero attached hydrogens (tertiary/aromatic N) is 1. The van der Waals surface area contributed by atoms with Crippen LogP contribution in [0.2, 0.25) is 0 Å². The Bertz CT molecular complexity index is 995. The number of ether oxygens (including phenoxy) is 1. The molecular weight excluding hydrogens is 372 g/mol. The van der Waals surface area contributed by atoms with Crippen molar-refractivity contribution in [3.05, 3.63) is 77.9 Å². The van der Waals surface area contributed by atoms with Gasteiger partial charge in [0.1, 0.15) is 5.75 Å². The molecule has 4 heteroatoms. The highest BCUT2D eigenvalue weighted by Gasteiger charge is 2.16. The first-order chi connectivity index (χ1) is 14.7. The van der Waals surface area contributed by atoms with Crippen molar-refractivity contribution in [1.29, 1.82) is 0 Å². The van der Waals surface area contributed by atoms with E-state index in [9.17, 15) is 4.79 Å². The van der Waals surface area contributed by atoms with E-state index in [1.54, 1.807) is 6.92 Å². The number of amides is 1. The van der Waals surface area contributed by atoms with E-state index in [2.05, 4.69) is 34.5 Å². The zero-order chi connectivity index (χ0) is 20.8. The van der Waals surface area contributed by atoms with Gasteiger partial charge in [0.05, 0.1) is 0 Å². The molecule has 1 aliphatic rings. The van der Waals surface area contributed by atoms with E-state index in [-0.39, 0.29) is 5.91 Å². The van der Waals surface area contributed by atoms with Crippen molar-refractivity contribution in [3.63, 3.8) is 0 Å². The topological polar surface area (TPSA) is 41.6 Å². The van der Waals surface area contributed by atoms with E-state index < -0.39 is 6.10 Å². The molecule has 0 radical (unpaired) electrons. The Morgan fingerprint density at radius 1 is 0.933 bits per heavy atom. The van der Waals surface area contributed by atoms with Crippen LogP contribution in [0.5, 0.6) is 5.75 Å². The van der Waals surface area contributed by atoms with Gasteiger partial charge < -0.3 is 10.1 Å². The summed E-state index contributed by atoms with van der Waals surface area (Å²) in [6.45, 7) is 5.60. The second kappa shape index (κ2) is 9.77. The lowest BCUT2D eigenvalue weighted by molar-refractivity contribution is -0.127. The molecule has 0 saturated carbocycles. The van der Waals surface area contributed by atoms with Gasteiger partial charge in [0.15, 0.2) is 6.10 Å². The SMILES string of the molecule is CC(Oc1ccc2ccccc2c1)C(=O)NCc1ccccc1CN1CCCCC1. The van der Waals surface area contributed by atoms with Gasteiger partial charge in [0.2, 0.25) is 0 Å². The lowest BCUT2D eigenvalue weighted by Gasteiger charge is -2.27. The highest BCUT2D eigenvalue weighted by molar-refractivity contribution is 5.84. The number of carbonyl (C=O) groups is 1. The minimum absolute atomic E-state index is 0.101. The van der Waals surface area contributed by atoms with Gasteiger partial charge in [0.25, 0.3) is 5.91 Å². The molecule has 1 amide bonds. The van der Waals surface area contributed by atoms with E-state index in [0.717, 1.165) is 30.4 Å². The van der Waals surface area contributed by atoms with Crippen LogP contribution in [0.15, 0.2) is 66.7 Å². The summed E-state index contributed by atoms with van der Waals surface area (Å²) in [4.78, 5) is 15.1. The normalized spacial score (nSPS) is 15.6. The molecule has 1 heterocycles. The third-order valence-corrected chi connectivity index (χ3v) is 5.82. The number of rotatable bonds is 7. The second-order valence-corrected chi connectivity index (χ2v) is 8.09. The third-order valence-electron chi connectivity index (χ3n) is 5.82. The number of nitrogens with one attached hydrogen (secondary N) is 1. The summed E-state index contributed by atoms with van der Waals surface area (Å²) in [7, 11) is 0. The van der Waals surface area contributed by atoms with E-state index in [0.29, 0.717) is 12.3 Å². The number of piperidine rings is 1. The Morgan fingerprint density at radius 3 is 2.43 bits per heavy atom. The molecule has 1 unspecified atom stereocenters. The predicted octanol–water partition coefficient (Wildman–Crippen LogP) is 4.91. The van der Waals surface area contributed by atoms with Crippen LogP contribution in [-0.4, -0.2) is 30.0 Å². The first-order valence-electron chi connectivity index (χ1n) is 10.9. The van der Waals surface area contributed by atoms with Gasteiger partial charge in [-0.05, 0) is 66.9 Å². The molecule has 1 fully saturated rings. The quantitative estimate of drug-likeness (QED) is 0.611. The Balaban J connectivity index is 1.34. The fourth-order valence-electron chi connectivity index (χ4n) is 4.07. The summed E-state index contributed by atoms with van der Waals surface area (Å²) in [5.74, 6) is 0.609. The molecule has 4 nitrogen and oxygen atoms in total. The Morgan fingerprint density at radius 2 is 1.63 bits per heavy atom. The molecule has 1 N–H and O–H groups in total. The molecule has 1 saturated heterocycles. The summed E-state index contributed by atoms with van der Waals surface area (Å²) in [5.41, 5.74) is 2.47. The number of carbonyl (C=O) groups excluding carboxylic acids is 1. The molecule has 156 valence electrons. The van der Waals surface area contributed by atoms with Gasteiger partial charge in [-0.1, -0.05) is 61.0 Å². The average Bonchev–Trinajstić information content (AvgIpc) is 2.79. The fraction of sp³-hybridized carbons (Fsp3) is 0.346. The van der Waals surface area contributed by atoms with Crippen LogP contribution in [-0.2, 0) is 17.9 Å². The Labute approximate surface area is 178 Å². The highest BCUT2D eigenvalue weighted by atomic mass is 16.5.